The van der Waals surface area contributed by atoms with Gasteiger partial charge in [-0.3, -0.25) is 4.79 Å². The summed E-state index contributed by atoms with van der Waals surface area (Å²) in [5.74, 6) is 0.860. The third-order valence-corrected chi connectivity index (χ3v) is 5.12. The van der Waals surface area contributed by atoms with Gasteiger partial charge in [-0.25, -0.2) is 14.4 Å². The van der Waals surface area contributed by atoms with E-state index in [0.717, 1.165) is 30.9 Å². The Hall–Kier alpha value is -3.28. The Labute approximate surface area is 169 Å². The molecule has 0 saturated heterocycles. The Bertz CT molecular complexity index is 1020. The molecule has 1 aromatic heterocycles. The van der Waals surface area contributed by atoms with Gasteiger partial charge >= 0.3 is 0 Å². The van der Waals surface area contributed by atoms with Crippen LogP contribution in [0.2, 0.25) is 0 Å². The summed E-state index contributed by atoms with van der Waals surface area (Å²) in [5, 5.41) is 2.89. The number of benzene rings is 2. The summed E-state index contributed by atoms with van der Waals surface area (Å²) in [5.41, 5.74) is 4.00. The van der Waals surface area contributed by atoms with Crippen LogP contribution in [0.5, 0.6) is 0 Å². The molecule has 2 aromatic carbocycles. The molecule has 29 heavy (non-hydrogen) atoms. The van der Waals surface area contributed by atoms with Crippen LogP contribution < -0.4 is 10.2 Å². The van der Waals surface area contributed by atoms with Crippen molar-refractivity contribution in [3.63, 3.8) is 0 Å². The monoisotopic (exact) mass is 390 g/mol. The van der Waals surface area contributed by atoms with E-state index in [1.807, 2.05) is 6.07 Å². The predicted octanol–water partition coefficient (Wildman–Crippen LogP) is 3.46. The van der Waals surface area contributed by atoms with Crippen LogP contribution in [0.3, 0.4) is 0 Å². The highest BCUT2D eigenvalue weighted by molar-refractivity contribution is 5.93. The fourth-order valence-electron chi connectivity index (χ4n) is 3.58. The number of fused-ring (bicyclic) bond motifs is 1. The van der Waals surface area contributed by atoms with Gasteiger partial charge in [-0.15, -0.1) is 0 Å². The lowest BCUT2D eigenvalue weighted by Gasteiger charge is -2.30. The van der Waals surface area contributed by atoms with Gasteiger partial charge in [-0.1, -0.05) is 36.4 Å². The van der Waals surface area contributed by atoms with Crippen LogP contribution in [0.25, 0.3) is 0 Å². The van der Waals surface area contributed by atoms with E-state index in [4.69, 9.17) is 0 Å². The van der Waals surface area contributed by atoms with Gasteiger partial charge in [0.1, 0.15) is 23.2 Å². The average Bonchev–Trinajstić information content (AvgIpc) is 2.74. The second-order valence-electron chi connectivity index (χ2n) is 7.23. The van der Waals surface area contributed by atoms with Crippen molar-refractivity contribution in [1.82, 2.24) is 15.3 Å². The number of hydrogen-bond donors (Lipinski definition) is 1. The minimum Gasteiger partial charge on any atom is -0.352 e. The number of amides is 1. The number of aromatic nitrogens is 2. The number of rotatable bonds is 5. The zero-order valence-electron chi connectivity index (χ0n) is 16.4. The number of halogens is 1. The van der Waals surface area contributed by atoms with Gasteiger partial charge in [0.15, 0.2) is 0 Å². The molecule has 0 fully saturated rings. The van der Waals surface area contributed by atoms with Crippen molar-refractivity contribution < 1.29 is 9.18 Å². The molecule has 4 rings (SSSR count). The van der Waals surface area contributed by atoms with Gasteiger partial charge in [0.2, 0.25) is 0 Å². The number of carbonyl (C=O) groups excluding carboxylic acids is 1. The zero-order valence-corrected chi connectivity index (χ0v) is 16.4. The predicted molar refractivity (Wildman–Crippen MR) is 110 cm³/mol. The average molecular weight is 390 g/mol. The minimum atomic E-state index is -0.262. The third kappa shape index (κ3) is 4.59. The summed E-state index contributed by atoms with van der Waals surface area (Å²) >= 11 is 0. The summed E-state index contributed by atoms with van der Waals surface area (Å²) in [4.78, 5) is 23.6. The first-order valence-electron chi connectivity index (χ1n) is 9.78. The molecule has 0 unspecified atom stereocenters. The van der Waals surface area contributed by atoms with Crippen LogP contribution in [0.4, 0.5) is 10.2 Å². The van der Waals surface area contributed by atoms with E-state index in [1.165, 1.54) is 23.3 Å². The quantitative estimate of drug-likeness (QED) is 0.725. The first-order chi connectivity index (χ1) is 14.1. The van der Waals surface area contributed by atoms with E-state index >= 15 is 0 Å². The zero-order chi connectivity index (χ0) is 20.2. The lowest BCUT2D eigenvalue weighted by atomic mass is 10.00. The smallest absolute Gasteiger partial charge is 0.270 e. The maximum Gasteiger partial charge on any atom is 0.270 e. The molecule has 3 aromatic rings. The molecule has 148 valence electrons. The number of anilines is 1. The van der Waals surface area contributed by atoms with E-state index in [9.17, 15) is 9.18 Å². The van der Waals surface area contributed by atoms with Crippen LogP contribution in [-0.4, -0.2) is 29.0 Å². The molecule has 1 aliphatic heterocycles. The number of nitrogens with zero attached hydrogens (tertiary/aromatic N) is 3. The van der Waals surface area contributed by atoms with Gasteiger partial charge in [-0.2, -0.15) is 0 Å². The van der Waals surface area contributed by atoms with Crippen molar-refractivity contribution in [1.29, 1.82) is 0 Å². The van der Waals surface area contributed by atoms with E-state index in [2.05, 4.69) is 38.4 Å². The summed E-state index contributed by atoms with van der Waals surface area (Å²) in [7, 11) is 0. The Morgan fingerprint density at radius 1 is 1.10 bits per heavy atom. The van der Waals surface area contributed by atoms with Crippen molar-refractivity contribution in [3.8, 4) is 0 Å². The van der Waals surface area contributed by atoms with Crippen molar-refractivity contribution in [2.75, 3.05) is 18.0 Å². The van der Waals surface area contributed by atoms with Crippen molar-refractivity contribution >= 4 is 11.7 Å². The summed E-state index contributed by atoms with van der Waals surface area (Å²) < 4.78 is 13.0. The number of hydrogen-bond acceptors (Lipinski definition) is 4. The molecular weight excluding hydrogens is 367 g/mol. The second-order valence-corrected chi connectivity index (χ2v) is 7.23. The topological polar surface area (TPSA) is 58.1 Å². The first kappa shape index (κ1) is 19.1. The van der Waals surface area contributed by atoms with Crippen molar-refractivity contribution in [2.24, 2.45) is 0 Å². The number of carbonyl (C=O) groups is 1. The Balaban J connectivity index is 1.42. The summed E-state index contributed by atoms with van der Waals surface area (Å²) in [6.07, 6.45) is 1.59. The number of nitrogens with one attached hydrogen (secondary N) is 1. The SMILES string of the molecule is Cc1nc(C(=O)NCCc2ccc(F)cc2)cc(N2CCc3ccccc3C2)n1. The van der Waals surface area contributed by atoms with Gasteiger partial charge in [0, 0.05) is 25.7 Å². The normalized spacial score (nSPS) is 13.1. The third-order valence-electron chi connectivity index (χ3n) is 5.12. The van der Waals surface area contributed by atoms with E-state index in [1.54, 1.807) is 25.1 Å². The Morgan fingerprint density at radius 3 is 2.66 bits per heavy atom. The minimum absolute atomic E-state index is 0.226. The van der Waals surface area contributed by atoms with Crippen LogP contribution >= 0.6 is 0 Å². The standard InChI is InChI=1S/C23H23FN4O/c1-16-26-21(23(29)25-12-10-17-6-8-20(24)9-7-17)14-22(27-16)28-13-11-18-4-2-3-5-19(18)15-28/h2-9,14H,10-13,15H2,1H3,(H,25,29). The number of aryl methyl sites for hydroxylation is 1. The van der Waals surface area contributed by atoms with E-state index in [-0.39, 0.29) is 11.7 Å². The Morgan fingerprint density at radius 2 is 1.86 bits per heavy atom. The maximum absolute atomic E-state index is 13.0. The molecule has 0 radical (unpaired) electrons. The molecule has 0 atom stereocenters. The Kier molecular flexibility index (Phi) is 5.51. The molecule has 1 aliphatic rings. The maximum atomic E-state index is 13.0. The fraction of sp³-hybridized carbons (Fsp3) is 0.261. The van der Waals surface area contributed by atoms with Crippen LogP contribution in [0.15, 0.2) is 54.6 Å². The van der Waals surface area contributed by atoms with Gasteiger partial charge in [-0.05, 0) is 48.6 Å². The molecule has 0 bridgehead atoms. The lowest BCUT2D eigenvalue weighted by molar-refractivity contribution is 0.0948. The van der Waals surface area contributed by atoms with Crippen LogP contribution in [-0.2, 0) is 19.4 Å². The molecule has 1 amide bonds. The van der Waals surface area contributed by atoms with Gasteiger partial charge in [0.05, 0.1) is 0 Å². The van der Waals surface area contributed by atoms with E-state index < -0.39 is 0 Å². The molecule has 2 heterocycles. The van der Waals surface area contributed by atoms with Crippen LogP contribution in [0, 0.1) is 12.7 Å². The fourth-order valence-corrected chi connectivity index (χ4v) is 3.58. The van der Waals surface area contributed by atoms with E-state index in [0.29, 0.717) is 24.5 Å². The molecule has 6 heteroatoms. The van der Waals surface area contributed by atoms with Gasteiger partial charge < -0.3 is 10.2 Å². The lowest BCUT2D eigenvalue weighted by Crippen LogP contribution is -2.32. The molecule has 0 aliphatic carbocycles. The van der Waals surface area contributed by atoms with Crippen molar-refractivity contribution in [2.45, 2.75) is 26.3 Å². The highest BCUT2D eigenvalue weighted by Crippen LogP contribution is 2.23. The molecule has 0 spiro atoms. The van der Waals surface area contributed by atoms with Gasteiger partial charge in [0.25, 0.3) is 5.91 Å². The highest BCUT2D eigenvalue weighted by atomic mass is 19.1. The largest absolute Gasteiger partial charge is 0.352 e. The molecule has 1 N–H and O–H groups in total. The van der Waals surface area contributed by atoms with Crippen molar-refractivity contribution in [3.05, 3.63) is 88.6 Å². The molecule has 5 nitrogen and oxygen atoms in total. The highest BCUT2D eigenvalue weighted by Gasteiger charge is 2.19. The second kappa shape index (κ2) is 8.39. The van der Waals surface area contributed by atoms with Crippen LogP contribution in [0.1, 0.15) is 33.0 Å². The first-order valence-corrected chi connectivity index (χ1v) is 9.78. The molecular formula is C23H23FN4O. The molecule has 0 saturated carbocycles. The summed E-state index contributed by atoms with van der Waals surface area (Å²) in [6.45, 7) is 3.90. The summed E-state index contributed by atoms with van der Waals surface area (Å²) in [6, 6.07) is 16.5.